The van der Waals surface area contributed by atoms with Gasteiger partial charge in [-0.05, 0) is 38.4 Å². The van der Waals surface area contributed by atoms with E-state index in [2.05, 4.69) is 12.2 Å². The van der Waals surface area contributed by atoms with E-state index in [0.717, 1.165) is 41.3 Å². The van der Waals surface area contributed by atoms with Crippen LogP contribution in [-0.4, -0.2) is 13.7 Å². The maximum atomic E-state index is 6.24. The molecule has 0 saturated carbocycles. The monoisotopic (exact) mass is 225 g/mol. The van der Waals surface area contributed by atoms with E-state index in [0.29, 0.717) is 6.04 Å². The molecule has 0 bridgehead atoms. The summed E-state index contributed by atoms with van der Waals surface area (Å²) in [5.74, 6) is 0.972. The Morgan fingerprint density at radius 2 is 2.27 bits per heavy atom. The smallest absolute Gasteiger partial charge is 0.128 e. The van der Waals surface area contributed by atoms with E-state index < -0.39 is 0 Å². The van der Waals surface area contributed by atoms with Crippen LogP contribution in [0.1, 0.15) is 30.0 Å². The van der Waals surface area contributed by atoms with Gasteiger partial charge in [-0.25, -0.2) is 0 Å². The molecule has 2 rings (SSSR count). The molecule has 1 aliphatic rings. The van der Waals surface area contributed by atoms with Gasteiger partial charge in [-0.15, -0.1) is 0 Å². The number of benzene rings is 1. The van der Waals surface area contributed by atoms with Crippen molar-refractivity contribution in [2.45, 2.75) is 25.8 Å². The van der Waals surface area contributed by atoms with Crippen LogP contribution in [0, 0.1) is 6.92 Å². The van der Waals surface area contributed by atoms with Crippen LogP contribution in [-0.2, 0) is 0 Å². The Balaban J connectivity index is 2.54. The molecule has 0 fully saturated rings. The summed E-state index contributed by atoms with van der Waals surface area (Å²) >= 11 is 6.24. The number of fused-ring (bicyclic) bond motifs is 1. The van der Waals surface area contributed by atoms with Crippen molar-refractivity contribution in [3.8, 4) is 5.75 Å². The quantitative estimate of drug-likeness (QED) is 0.793. The van der Waals surface area contributed by atoms with Crippen molar-refractivity contribution in [1.82, 2.24) is 5.32 Å². The van der Waals surface area contributed by atoms with Crippen molar-refractivity contribution < 1.29 is 4.74 Å². The molecule has 0 radical (unpaired) electrons. The van der Waals surface area contributed by atoms with Gasteiger partial charge in [0.1, 0.15) is 5.75 Å². The number of ether oxygens (including phenoxy) is 1. The van der Waals surface area contributed by atoms with Gasteiger partial charge in [0.05, 0.1) is 6.61 Å². The Hall–Kier alpha value is -0.730. The van der Waals surface area contributed by atoms with Crippen LogP contribution in [0.15, 0.2) is 12.1 Å². The molecule has 0 amide bonds. The van der Waals surface area contributed by atoms with Gasteiger partial charge in [0.25, 0.3) is 0 Å². The zero-order chi connectivity index (χ0) is 10.8. The molecule has 1 N–H and O–H groups in total. The van der Waals surface area contributed by atoms with Gasteiger partial charge in [-0.2, -0.15) is 0 Å². The minimum Gasteiger partial charge on any atom is -0.493 e. The SMILES string of the molecule is CNC1CCCOc2c(C)ccc(Cl)c21. The molecule has 0 saturated heterocycles. The molecule has 82 valence electrons. The normalized spacial score (nSPS) is 20.3. The third-order valence-corrected chi connectivity index (χ3v) is 3.25. The lowest BCUT2D eigenvalue weighted by molar-refractivity contribution is 0.313. The zero-order valence-corrected chi connectivity index (χ0v) is 9.90. The Morgan fingerprint density at radius 1 is 1.47 bits per heavy atom. The fourth-order valence-corrected chi connectivity index (χ4v) is 2.38. The molecule has 1 aromatic carbocycles. The number of hydrogen-bond donors (Lipinski definition) is 1. The van der Waals surface area contributed by atoms with Crippen molar-refractivity contribution in [3.05, 3.63) is 28.3 Å². The van der Waals surface area contributed by atoms with E-state index in [1.165, 1.54) is 0 Å². The molecule has 1 heterocycles. The van der Waals surface area contributed by atoms with Crippen LogP contribution >= 0.6 is 11.6 Å². The van der Waals surface area contributed by atoms with E-state index in [4.69, 9.17) is 16.3 Å². The molecule has 2 nitrogen and oxygen atoms in total. The lowest BCUT2D eigenvalue weighted by Gasteiger charge is -2.18. The van der Waals surface area contributed by atoms with Gasteiger partial charge in [0, 0.05) is 16.6 Å². The number of nitrogens with one attached hydrogen (secondary N) is 1. The van der Waals surface area contributed by atoms with Crippen molar-refractivity contribution in [2.75, 3.05) is 13.7 Å². The zero-order valence-electron chi connectivity index (χ0n) is 9.14. The standard InChI is InChI=1S/C12H16ClNO/c1-8-5-6-9(13)11-10(14-2)4-3-7-15-12(8)11/h5-6,10,14H,3-4,7H2,1-2H3. The second-order valence-electron chi connectivity index (χ2n) is 3.94. The van der Waals surface area contributed by atoms with Crippen molar-refractivity contribution in [3.63, 3.8) is 0 Å². The molecule has 15 heavy (non-hydrogen) atoms. The molecule has 1 aromatic rings. The van der Waals surface area contributed by atoms with Crippen molar-refractivity contribution in [1.29, 1.82) is 0 Å². The molecule has 0 aromatic heterocycles. The van der Waals surface area contributed by atoms with Crippen LogP contribution in [0.3, 0.4) is 0 Å². The van der Waals surface area contributed by atoms with Crippen molar-refractivity contribution in [2.24, 2.45) is 0 Å². The van der Waals surface area contributed by atoms with Crippen LogP contribution in [0.5, 0.6) is 5.75 Å². The minimum atomic E-state index is 0.315. The first-order valence-corrected chi connectivity index (χ1v) is 5.71. The summed E-state index contributed by atoms with van der Waals surface area (Å²) in [5.41, 5.74) is 2.29. The molecular weight excluding hydrogens is 210 g/mol. The minimum absolute atomic E-state index is 0.315. The largest absolute Gasteiger partial charge is 0.493 e. The Labute approximate surface area is 95.6 Å². The predicted octanol–water partition coefficient (Wildman–Crippen LogP) is 3.08. The highest BCUT2D eigenvalue weighted by molar-refractivity contribution is 6.31. The maximum Gasteiger partial charge on any atom is 0.128 e. The summed E-state index contributed by atoms with van der Waals surface area (Å²) < 4.78 is 5.77. The summed E-state index contributed by atoms with van der Waals surface area (Å²) in [5, 5.41) is 4.11. The highest BCUT2D eigenvalue weighted by Gasteiger charge is 2.22. The van der Waals surface area contributed by atoms with Crippen LogP contribution < -0.4 is 10.1 Å². The lowest BCUT2D eigenvalue weighted by Crippen LogP contribution is -2.16. The molecule has 0 aliphatic carbocycles. The molecule has 1 aliphatic heterocycles. The fraction of sp³-hybridized carbons (Fsp3) is 0.500. The van der Waals surface area contributed by atoms with Crippen LogP contribution in [0.25, 0.3) is 0 Å². The summed E-state index contributed by atoms with van der Waals surface area (Å²) in [6.45, 7) is 2.85. The number of halogens is 1. The van der Waals surface area contributed by atoms with Gasteiger partial charge in [-0.3, -0.25) is 0 Å². The highest BCUT2D eigenvalue weighted by atomic mass is 35.5. The van der Waals surface area contributed by atoms with Crippen LogP contribution in [0.4, 0.5) is 0 Å². The Bertz CT molecular complexity index is 365. The fourth-order valence-electron chi connectivity index (χ4n) is 2.10. The first-order valence-electron chi connectivity index (χ1n) is 5.33. The second kappa shape index (κ2) is 4.42. The Morgan fingerprint density at radius 3 is 3.00 bits per heavy atom. The average molecular weight is 226 g/mol. The third kappa shape index (κ3) is 1.97. The summed E-state index contributed by atoms with van der Waals surface area (Å²) in [7, 11) is 1.97. The molecule has 1 unspecified atom stereocenters. The first-order chi connectivity index (χ1) is 7.24. The Kier molecular flexibility index (Phi) is 3.17. The number of aryl methyl sites for hydroxylation is 1. The summed E-state index contributed by atoms with van der Waals surface area (Å²) in [4.78, 5) is 0. The van der Waals surface area contributed by atoms with Crippen LogP contribution in [0.2, 0.25) is 5.02 Å². The number of hydrogen-bond acceptors (Lipinski definition) is 2. The summed E-state index contributed by atoms with van der Waals surface area (Å²) in [6.07, 6.45) is 2.14. The van der Waals surface area contributed by atoms with E-state index >= 15 is 0 Å². The predicted molar refractivity (Wildman–Crippen MR) is 62.7 cm³/mol. The number of rotatable bonds is 1. The van der Waals surface area contributed by atoms with Crippen molar-refractivity contribution >= 4 is 11.6 Å². The van der Waals surface area contributed by atoms with E-state index in [1.54, 1.807) is 0 Å². The first kappa shape index (κ1) is 10.8. The average Bonchev–Trinajstić information content (AvgIpc) is 2.46. The topological polar surface area (TPSA) is 21.3 Å². The maximum absolute atomic E-state index is 6.24. The molecular formula is C12H16ClNO. The van der Waals surface area contributed by atoms with E-state index in [-0.39, 0.29) is 0 Å². The third-order valence-electron chi connectivity index (χ3n) is 2.92. The lowest BCUT2D eigenvalue weighted by atomic mass is 10.00. The van der Waals surface area contributed by atoms with Gasteiger partial charge >= 0.3 is 0 Å². The van der Waals surface area contributed by atoms with E-state index in [9.17, 15) is 0 Å². The molecule has 1 atom stereocenters. The molecule has 0 spiro atoms. The molecule has 3 heteroatoms. The van der Waals surface area contributed by atoms with Gasteiger partial charge in [-0.1, -0.05) is 17.7 Å². The van der Waals surface area contributed by atoms with Gasteiger partial charge in [0.15, 0.2) is 0 Å². The second-order valence-corrected chi connectivity index (χ2v) is 4.35. The highest BCUT2D eigenvalue weighted by Crippen LogP contribution is 2.38. The summed E-state index contributed by atoms with van der Waals surface area (Å²) in [6, 6.07) is 4.28. The van der Waals surface area contributed by atoms with E-state index in [1.807, 2.05) is 19.2 Å². The van der Waals surface area contributed by atoms with Gasteiger partial charge in [0.2, 0.25) is 0 Å². The van der Waals surface area contributed by atoms with Gasteiger partial charge < -0.3 is 10.1 Å².